The molecule has 4 rings (SSSR count). The minimum absolute atomic E-state index is 0.105. The van der Waals surface area contributed by atoms with Gasteiger partial charge in [0, 0.05) is 38.7 Å². The quantitative estimate of drug-likeness (QED) is 0.499. The fourth-order valence-electron chi connectivity index (χ4n) is 3.58. The van der Waals surface area contributed by atoms with E-state index in [2.05, 4.69) is 44.8 Å². The van der Waals surface area contributed by atoms with Gasteiger partial charge in [0.25, 0.3) is 0 Å². The lowest BCUT2D eigenvalue weighted by molar-refractivity contribution is 0.221. The second kappa shape index (κ2) is 10.4. The molecule has 1 fully saturated rings. The highest BCUT2D eigenvalue weighted by molar-refractivity contribution is 7.16. The van der Waals surface area contributed by atoms with Gasteiger partial charge in [-0.2, -0.15) is 10.5 Å². The molecule has 2 aromatic heterocycles. The van der Waals surface area contributed by atoms with E-state index in [0.29, 0.717) is 33.6 Å². The first kappa shape index (κ1) is 23.3. The van der Waals surface area contributed by atoms with E-state index in [9.17, 15) is 5.11 Å². The van der Waals surface area contributed by atoms with Crippen LogP contribution in [0.2, 0.25) is 0 Å². The third-order valence-electron chi connectivity index (χ3n) is 5.57. The molecule has 1 unspecified atom stereocenters. The van der Waals surface area contributed by atoms with Crippen molar-refractivity contribution in [2.45, 2.75) is 12.5 Å². The minimum Gasteiger partial charge on any atom is -0.383 e. The largest absolute Gasteiger partial charge is 0.383 e. The number of nitrogens with zero attached hydrogens (tertiary/aromatic N) is 7. The predicted octanol–water partition coefficient (Wildman–Crippen LogP) is 3.00. The number of nitriles is 2. The smallest absolute Gasteiger partial charge is 0.189 e. The molecule has 3 heterocycles. The number of piperazine rings is 1. The van der Waals surface area contributed by atoms with E-state index in [-0.39, 0.29) is 5.57 Å². The Morgan fingerprint density at radius 3 is 2.59 bits per heavy atom. The summed E-state index contributed by atoms with van der Waals surface area (Å²) in [6.45, 7) is 7.24. The molecule has 0 spiro atoms. The van der Waals surface area contributed by atoms with Crippen LogP contribution in [-0.2, 0) is 6.42 Å². The molecule has 0 saturated carbocycles. The van der Waals surface area contributed by atoms with Gasteiger partial charge < -0.3 is 20.2 Å². The van der Waals surface area contributed by atoms with E-state index in [1.54, 1.807) is 12.1 Å². The molecule has 1 saturated heterocycles. The van der Waals surface area contributed by atoms with Crippen molar-refractivity contribution in [3.63, 3.8) is 0 Å². The van der Waals surface area contributed by atoms with Gasteiger partial charge in [-0.25, -0.2) is 15.0 Å². The molecule has 172 valence electrons. The van der Waals surface area contributed by atoms with Crippen LogP contribution in [0.25, 0.3) is 0 Å². The van der Waals surface area contributed by atoms with Gasteiger partial charge in [0.15, 0.2) is 5.13 Å². The third-order valence-corrected chi connectivity index (χ3v) is 6.39. The maximum absolute atomic E-state index is 10.2. The summed E-state index contributed by atoms with van der Waals surface area (Å²) in [5.41, 5.74) is 1.69. The summed E-state index contributed by atoms with van der Waals surface area (Å²) < 4.78 is 0. The number of benzene rings is 1. The average Bonchev–Trinajstić information content (AvgIpc) is 3.31. The first-order chi connectivity index (χ1) is 16.4. The number of aliphatic hydroxyl groups is 1. The van der Waals surface area contributed by atoms with Crippen molar-refractivity contribution in [3.05, 3.63) is 70.5 Å². The number of anilines is 3. The second-order valence-corrected chi connectivity index (χ2v) is 9.07. The molecule has 1 aliphatic heterocycles. The number of likely N-dealkylation sites (N-methyl/N-ethyl adjacent to an activating group) is 1. The Labute approximate surface area is 202 Å². The first-order valence-corrected chi connectivity index (χ1v) is 11.6. The van der Waals surface area contributed by atoms with Crippen molar-refractivity contribution < 1.29 is 5.11 Å². The number of rotatable bonds is 7. The highest BCUT2D eigenvalue weighted by Gasteiger charge is 2.18. The maximum atomic E-state index is 10.2. The Morgan fingerprint density at radius 1 is 1.21 bits per heavy atom. The van der Waals surface area contributed by atoms with E-state index in [1.165, 1.54) is 17.5 Å². The van der Waals surface area contributed by atoms with Crippen LogP contribution >= 0.6 is 11.3 Å². The van der Waals surface area contributed by atoms with Crippen molar-refractivity contribution in [3.8, 4) is 12.1 Å². The van der Waals surface area contributed by atoms with Crippen molar-refractivity contribution >= 4 is 28.1 Å². The van der Waals surface area contributed by atoms with Gasteiger partial charge in [-0.15, -0.1) is 0 Å². The molecule has 0 bridgehead atoms. The number of nitrogens with one attached hydrogen (secondary N) is 1. The van der Waals surface area contributed by atoms with E-state index < -0.39 is 6.10 Å². The summed E-state index contributed by atoms with van der Waals surface area (Å²) in [5, 5.41) is 32.0. The molecule has 0 radical (unpaired) electrons. The Kier molecular flexibility index (Phi) is 7.14. The molecule has 1 aliphatic rings. The number of hydrogen-bond acceptors (Lipinski definition) is 10. The van der Waals surface area contributed by atoms with Crippen LogP contribution < -0.4 is 10.2 Å². The maximum Gasteiger partial charge on any atom is 0.189 e. The van der Waals surface area contributed by atoms with Crippen LogP contribution in [0.5, 0.6) is 0 Å². The molecule has 0 aliphatic carbocycles. The van der Waals surface area contributed by atoms with E-state index in [4.69, 9.17) is 15.5 Å². The van der Waals surface area contributed by atoms with Crippen molar-refractivity contribution in [1.29, 1.82) is 10.5 Å². The van der Waals surface area contributed by atoms with Crippen molar-refractivity contribution in [2.24, 2.45) is 0 Å². The fourth-order valence-corrected chi connectivity index (χ4v) is 4.20. The Morgan fingerprint density at radius 2 is 1.94 bits per heavy atom. The lowest BCUT2D eigenvalue weighted by Gasteiger charge is -2.33. The number of thiazole rings is 1. The lowest BCUT2D eigenvalue weighted by atomic mass is 10.0. The minimum atomic E-state index is -1.01. The SMILES string of the molecule is C=C(C#N)C(O)c1ccc(Cc2nc(Nc3ncc(C#N)s3)cc(N3CCN(C)CC3)n2)cc1. The zero-order valence-corrected chi connectivity index (χ0v) is 19.6. The molecule has 2 N–H and O–H groups in total. The molecule has 0 amide bonds. The van der Waals surface area contributed by atoms with E-state index in [0.717, 1.165) is 37.6 Å². The zero-order chi connectivity index (χ0) is 24.1. The van der Waals surface area contributed by atoms with Gasteiger partial charge in [0.2, 0.25) is 0 Å². The number of hydrogen-bond donors (Lipinski definition) is 2. The van der Waals surface area contributed by atoms with Gasteiger partial charge >= 0.3 is 0 Å². The van der Waals surface area contributed by atoms with Gasteiger partial charge in [0.1, 0.15) is 34.5 Å². The van der Waals surface area contributed by atoms with E-state index in [1.807, 2.05) is 24.3 Å². The van der Waals surface area contributed by atoms with Crippen molar-refractivity contribution in [2.75, 3.05) is 43.4 Å². The zero-order valence-electron chi connectivity index (χ0n) is 18.8. The Bertz CT molecular complexity index is 1250. The van der Waals surface area contributed by atoms with Crippen LogP contribution in [0.1, 0.15) is 27.9 Å². The fraction of sp³-hybridized carbons (Fsp3) is 0.292. The standard InChI is InChI=1S/C24H24N8OS/c1-16(13-25)23(33)18-5-3-17(4-6-18)11-20-28-21(30-24-27-15-19(14-26)34-24)12-22(29-20)32-9-7-31(2)8-10-32/h3-6,12,15,23,33H,1,7-11H2,2H3,(H,27,28,29,30). The molecule has 1 atom stereocenters. The summed E-state index contributed by atoms with van der Waals surface area (Å²) in [6.07, 6.45) is 1.02. The first-order valence-electron chi connectivity index (χ1n) is 10.8. The summed E-state index contributed by atoms with van der Waals surface area (Å²) in [4.78, 5) is 18.8. The van der Waals surface area contributed by atoms with Gasteiger partial charge in [-0.3, -0.25) is 0 Å². The van der Waals surface area contributed by atoms with Gasteiger partial charge in [-0.05, 0) is 18.2 Å². The Balaban J connectivity index is 1.59. The number of aliphatic hydroxyl groups excluding tert-OH is 1. The molecular formula is C24H24N8OS. The monoisotopic (exact) mass is 472 g/mol. The molecule has 34 heavy (non-hydrogen) atoms. The van der Waals surface area contributed by atoms with Crippen molar-refractivity contribution in [1.82, 2.24) is 19.9 Å². The number of aromatic nitrogens is 3. The summed E-state index contributed by atoms with van der Waals surface area (Å²) in [6, 6.07) is 13.2. The predicted molar refractivity (Wildman–Crippen MR) is 131 cm³/mol. The van der Waals surface area contributed by atoms with Crippen LogP contribution in [0.4, 0.5) is 16.8 Å². The van der Waals surface area contributed by atoms with E-state index >= 15 is 0 Å². The summed E-state index contributed by atoms with van der Waals surface area (Å²) in [7, 11) is 2.11. The normalized spacial score (nSPS) is 14.8. The molecular weight excluding hydrogens is 448 g/mol. The molecule has 3 aromatic rings. The Hall–Kier alpha value is -3.83. The van der Waals surface area contributed by atoms with Gasteiger partial charge in [-0.1, -0.05) is 42.2 Å². The topological polar surface area (TPSA) is 125 Å². The third kappa shape index (κ3) is 5.56. The van der Waals surface area contributed by atoms with Gasteiger partial charge in [0.05, 0.1) is 17.8 Å². The summed E-state index contributed by atoms with van der Waals surface area (Å²) in [5.74, 6) is 2.11. The van der Waals surface area contributed by atoms with Crippen LogP contribution in [0.15, 0.2) is 48.7 Å². The average molecular weight is 473 g/mol. The van der Waals surface area contributed by atoms with Crippen LogP contribution in [0, 0.1) is 22.7 Å². The molecule has 1 aromatic carbocycles. The van der Waals surface area contributed by atoms with Crippen LogP contribution in [0.3, 0.4) is 0 Å². The molecule has 10 heteroatoms. The highest BCUT2D eigenvalue weighted by atomic mass is 32.1. The lowest BCUT2D eigenvalue weighted by Crippen LogP contribution is -2.44. The highest BCUT2D eigenvalue weighted by Crippen LogP contribution is 2.25. The summed E-state index contributed by atoms with van der Waals surface area (Å²) >= 11 is 1.27. The molecule has 9 nitrogen and oxygen atoms in total. The van der Waals surface area contributed by atoms with Crippen LogP contribution in [-0.4, -0.2) is 58.2 Å². The second-order valence-electron chi connectivity index (χ2n) is 8.04.